The van der Waals surface area contributed by atoms with Crippen LogP contribution >= 0.6 is 0 Å². The van der Waals surface area contributed by atoms with E-state index in [9.17, 15) is 75.4 Å². The molecule has 34 heavy (non-hydrogen) atoms. The van der Waals surface area contributed by atoms with E-state index in [4.69, 9.17) is 5.11 Å². The Hall–Kier alpha value is -2.89. The number of benzene rings is 1. The zero-order chi connectivity index (χ0) is 27.3. The Morgan fingerprint density at radius 1 is 0.588 bits per heavy atom. The van der Waals surface area contributed by atoms with Crippen molar-refractivity contribution in [2.45, 2.75) is 41.7 Å². The zero-order valence-corrected chi connectivity index (χ0v) is 15.2. The van der Waals surface area contributed by atoms with Gasteiger partial charge in [0, 0.05) is 0 Å². The van der Waals surface area contributed by atoms with E-state index in [1.807, 2.05) is 0 Å². The molecule has 0 amide bonds. The van der Waals surface area contributed by atoms with Crippen molar-refractivity contribution in [2.24, 2.45) is 0 Å². The summed E-state index contributed by atoms with van der Waals surface area (Å²) < 4.78 is 199. The maximum atomic E-state index is 13.6. The van der Waals surface area contributed by atoms with Crippen molar-refractivity contribution in [1.82, 2.24) is 0 Å². The molecule has 0 radical (unpaired) electrons. The van der Waals surface area contributed by atoms with Gasteiger partial charge in [-0.1, -0.05) is 0 Å². The Morgan fingerprint density at radius 3 is 1.29 bits per heavy atom. The van der Waals surface area contributed by atoms with Gasteiger partial charge in [0.15, 0.2) is 0 Å². The number of carboxylic acids is 1. The van der Waals surface area contributed by atoms with E-state index >= 15 is 0 Å². The van der Waals surface area contributed by atoms with Crippen LogP contribution in [-0.4, -0.2) is 58.8 Å². The fraction of sp³-hybridized carbons (Fsp3) is 0.467. The number of alkyl halides is 15. The van der Waals surface area contributed by atoms with Gasteiger partial charge < -0.3 is 9.84 Å². The average molecular weight is 534 g/mol. The van der Waals surface area contributed by atoms with Crippen LogP contribution in [0.2, 0.25) is 0 Å². The molecule has 0 unspecified atom stereocenters. The highest BCUT2D eigenvalue weighted by molar-refractivity contribution is 5.88. The van der Waals surface area contributed by atoms with Crippen LogP contribution in [0.15, 0.2) is 24.3 Å². The van der Waals surface area contributed by atoms with Gasteiger partial charge >= 0.3 is 53.7 Å². The van der Waals surface area contributed by atoms with E-state index in [1.165, 1.54) is 0 Å². The normalized spacial score (nSPS) is 14.7. The second-order valence-electron chi connectivity index (χ2n) is 6.16. The first-order valence-corrected chi connectivity index (χ1v) is 7.70. The van der Waals surface area contributed by atoms with Crippen molar-refractivity contribution in [2.75, 3.05) is 0 Å². The zero-order valence-electron chi connectivity index (χ0n) is 15.2. The minimum absolute atomic E-state index is 0.278. The number of rotatable bonds is 8. The van der Waals surface area contributed by atoms with Crippen molar-refractivity contribution in [3.05, 3.63) is 29.8 Å². The van der Waals surface area contributed by atoms with Crippen molar-refractivity contribution < 1.29 is 85.3 Å². The van der Waals surface area contributed by atoms with E-state index in [-0.39, 0.29) is 12.1 Å². The van der Waals surface area contributed by atoms with E-state index in [0.29, 0.717) is 12.1 Å². The number of carboxylic acid groups (broad SMARTS) is 1. The minimum atomic E-state index is -8.53. The lowest BCUT2D eigenvalue weighted by atomic mass is 9.91. The molecule has 0 heterocycles. The Bertz CT molecular complexity index is 934. The molecule has 1 aromatic carbocycles. The van der Waals surface area contributed by atoms with Gasteiger partial charge in [-0.15, -0.1) is 0 Å². The summed E-state index contributed by atoms with van der Waals surface area (Å²) in [5.41, 5.74) is -0.643. The van der Waals surface area contributed by atoms with Gasteiger partial charge in [0.1, 0.15) is 5.75 Å². The van der Waals surface area contributed by atoms with Crippen molar-refractivity contribution in [3.8, 4) is 5.75 Å². The highest BCUT2D eigenvalue weighted by Crippen LogP contribution is 2.62. The number of carbonyl (C=O) groups excluding carboxylic acids is 1. The molecule has 0 saturated carbocycles. The summed E-state index contributed by atoms with van der Waals surface area (Å²) in [6, 6.07) is 1.48. The van der Waals surface area contributed by atoms with E-state index in [2.05, 4.69) is 4.74 Å². The number of esters is 1. The third-order valence-electron chi connectivity index (χ3n) is 3.90. The lowest BCUT2D eigenvalue weighted by Crippen LogP contribution is -2.73. The Labute approximate surface area is 175 Å². The van der Waals surface area contributed by atoms with Gasteiger partial charge in [0.2, 0.25) is 0 Å². The monoisotopic (exact) mass is 534 g/mol. The molecule has 19 heteroatoms. The fourth-order valence-electron chi connectivity index (χ4n) is 1.93. The van der Waals surface area contributed by atoms with Gasteiger partial charge in [0.05, 0.1) is 5.56 Å². The van der Waals surface area contributed by atoms with Crippen LogP contribution in [0, 0.1) is 0 Å². The van der Waals surface area contributed by atoms with Crippen LogP contribution in [-0.2, 0) is 4.79 Å². The molecule has 0 aliphatic rings. The Kier molecular flexibility index (Phi) is 6.95. The highest BCUT2D eigenvalue weighted by atomic mass is 19.4. The third-order valence-corrected chi connectivity index (χ3v) is 3.90. The van der Waals surface area contributed by atoms with Crippen LogP contribution in [0.5, 0.6) is 5.75 Å². The van der Waals surface area contributed by atoms with E-state index < -0.39 is 65.0 Å². The molecule has 1 rings (SSSR count). The van der Waals surface area contributed by atoms with Gasteiger partial charge in [-0.3, -0.25) is 0 Å². The standard InChI is InChI=1S/C15H5F15O4/c16-9(17,8(33)34-6-3-1-5(2-4-6)7(31)32)10(18,19)11(20,21)12(22,23)13(24,25)14(26,27)15(28,29)30/h1-4H,(H,31,32). The molecule has 4 nitrogen and oxygen atoms in total. The molecular formula is C15H5F15O4. The first-order valence-electron chi connectivity index (χ1n) is 7.70. The molecule has 0 aliphatic carbocycles. The Morgan fingerprint density at radius 2 is 0.941 bits per heavy atom. The molecule has 0 aromatic heterocycles. The number of hydrogen-bond donors (Lipinski definition) is 1. The summed E-state index contributed by atoms with van der Waals surface area (Å²) >= 11 is 0. The van der Waals surface area contributed by atoms with Gasteiger partial charge in [0.25, 0.3) is 0 Å². The second-order valence-corrected chi connectivity index (χ2v) is 6.16. The van der Waals surface area contributed by atoms with E-state index in [1.54, 1.807) is 0 Å². The molecule has 1 N–H and O–H groups in total. The molecule has 0 spiro atoms. The highest BCUT2D eigenvalue weighted by Gasteiger charge is 2.94. The SMILES string of the molecule is O=C(O)c1ccc(OC(=O)C(F)(F)C(F)(F)C(F)(F)C(F)(F)C(F)(F)C(F)(F)C(F)(F)F)cc1. The molecular weight excluding hydrogens is 529 g/mol. The van der Waals surface area contributed by atoms with Crippen LogP contribution in [0.1, 0.15) is 10.4 Å². The summed E-state index contributed by atoms with van der Waals surface area (Å²) in [6.07, 6.45) is -7.74. The molecule has 0 aliphatic heterocycles. The number of aromatic carboxylic acids is 1. The van der Waals surface area contributed by atoms with E-state index in [0.717, 1.165) is 0 Å². The molecule has 0 bridgehead atoms. The van der Waals surface area contributed by atoms with Crippen molar-refractivity contribution in [1.29, 1.82) is 0 Å². The van der Waals surface area contributed by atoms with Gasteiger partial charge in [-0.25, -0.2) is 9.59 Å². The Balaban J connectivity index is 3.44. The largest absolute Gasteiger partial charge is 0.478 e. The first kappa shape index (κ1) is 29.1. The lowest BCUT2D eigenvalue weighted by Gasteiger charge is -2.40. The molecule has 0 fully saturated rings. The average Bonchev–Trinajstić information content (AvgIpc) is 2.66. The number of hydrogen-bond acceptors (Lipinski definition) is 3. The minimum Gasteiger partial charge on any atom is -0.478 e. The molecule has 1 aromatic rings. The van der Waals surface area contributed by atoms with Crippen molar-refractivity contribution >= 4 is 11.9 Å². The smallest absolute Gasteiger partial charge is 0.460 e. The number of carbonyl (C=O) groups is 2. The van der Waals surface area contributed by atoms with Crippen LogP contribution in [0.4, 0.5) is 65.9 Å². The van der Waals surface area contributed by atoms with Crippen molar-refractivity contribution in [3.63, 3.8) is 0 Å². The predicted molar refractivity (Wildman–Crippen MR) is 74.8 cm³/mol. The summed E-state index contributed by atoms with van der Waals surface area (Å²) in [4.78, 5) is 21.8. The molecule has 0 atom stereocenters. The summed E-state index contributed by atoms with van der Waals surface area (Å²) in [5.74, 6) is -55.7. The lowest BCUT2D eigenvalue weighted by molar-refractivity contribution is -0.450. The van der Waals surface area contributed by atoms with Crippen LogP contribution in [0.25, 0.3) is 0 Å². The predicted octanol–water partition coefficient (Wildman–Crippen LogP) is 5.66. The third kappa shape index (κ3) is 4.08. The van der Waals surface area contributed by atoms with Crippen LogP contribution in [0.3, 0.4) is 0 Å². The maximum Gasteiger partial charge on any atom is 0.460 e. The van der Waals surface area contributed by atoms with Crippen LogP contribution < -0.4 is 4.74 Å². The number of ether oxygens (including phenoxy) is 1. The van der Waals surface area contributed by atoms with Gasteiger partial charge in [-0.05, 0) is 24.3 Å². The molecule has 194 valence electrons. The maximum absolute atomic E-state index is 13.6. The first-order chi connectivity index (χ1) is 14.8. The quantitative estimate of drug-likeness (QED) is 0.266. The topological polar surface area (TPSA) is 63.6 Å². The summed E-state index contributed by atoms with van der Waals surface area (Å²) in [6.45, 7) is 0. The summed E-state index contributed by atoms with van der Waals surface area (Å²) in [7, 11) is 0. The fourth-order valence-corrected chi connectivity index (χ4v) is 1.93. The molecule has 0 saturated heterocycles. The summed E-state index contributed by atoms with van der Waals surface area (Å²) in [5, 5.41) is 8.57. The number of halogens is 15. The van der Waals surface area contributed by atoms with Gasteiger partial charge in [-0.2, -0.15) is 65.9 Å². The second kappa shape index (κ2) is 8.10.